The van der Waals surface area contributed by atoms with E-state index in [1.807, 2.05) is 57.5 Å². The van der Waals surface area contributed by atoms with Gasteiger partial charge in [0.1, 0.15) is 6.04 Å². The van der Waals surface area contributed by atoms with Gasteiger partial charge in [-0.25, -0.2) is 4.68 Å². The van der Waals surface area contributed by atoms with Crippen molar-refractivity contribution in [1.82, 2.24) is 25.2 Å². The first-order valence-corrected chi connectivity index (χ1v) is 11.1. The molecule has 2 heterocycles. The van der Waals surface area contributed by atoms with Crippen molar-refractivity contribution >= 4 is 17.5 Å². The smallest absolute Gasteiger partial charge is 0.249 e. The second-order valence-corrected chi connectivity index (χ2v) is 9.13. The Morgan fingerprint density at radius 2 is 2.03 bits per heavy atom. The molecule has 7 nitrogen and oxygen atoms in total. The number of benzene rings is 1. The zero-order valence-corrected chi connectivity index (χ0v) is 19.3. The van der Waals surface area contributed by atoms with Crippen molar-refractivity contribution in [3.8, 4) is 5.69 Å². The molecule has 0 bridgehead atoms. The van der Waals surface area contributed by atoms with Crippen LogP contribution < -0.4 is 5.32 Å². The fourth-order valence-corrected chi connectivity index (χ4v) is 3.85. The first-order chi connectivity index (χ1) is 14.7. The Morgan fingerprint density at radius 3 is 2.68 bits per heavy atom. The maximum Gasteiger partial charge on any atom is 0.249 e. The van der Waals surface area contributed by atoms with Crippen LogP contribution in [0.4, 0.5) is 0 Å². The van der Waals surface area contributed by atoms with E-state index in [1.165, 1.54) is 0 Å². The zero-order valence-electron chi connectivity index (χ0n) is 18.6. The van der Waals surface area contributed by atoms with E-state index >= 15 is 0 Å². The quantitative estimate of drug-likeness (QED) is 0.570. The van der Waals surface area contributed by atoms with Crippen molar-refractivity contribution in [2.24, 2.45) is 5.92 Å². The molecule has 3 aromatic rings. The maximum atomic E-state index is 12.9. The summed E-state index contributed by atoms with van der Waals surface area (Å²) in [7, 11) is 0. The van der Waals surface area contributed by atoms with Crippen molar-refractivity contribution in [1.29, 1.82) is 0 Å². The van der Waals surface area contributed by atoms with Gasteiger partial charge in [-0.1, -0.05) is 36.7 Å². The van der Waals surface area contributed by atoms with Gasteiger partial charge in [-0.15, -0.1) is 0 Å². The van der Waals surface area contributed by atoms with E-state index < -0.39 is 0 Å². The number of amides is 1. The molecule has 1 aliphatic rings. The minimum Gasteiger partial charge on any atom is -0.344 e. The van der Waals surface area contributed by atoms with Crippen molar-refractivity contribution in [2.45, 2.75) is 65.8 Å². The zero-order chi connectivity index (χ0) is 22.3. The fraction of sp³-hybridized carbons (Fsp3) is 0.478. The van der Waals surface area contributed by atoms with Crippen LogP contribution in [0, 0.1) is 26.7 Å². The summed E-state index contributed by atoms with van der Waals surface area (Å²) in [5.74, 6) is 1.66. The predicted octanol–water partition coefficient (Wildman–Crippen LogP) is 4.77. The number of carbonyl (C=O) groups is 1. The van der Waals surface area contributed by atoms with Crippen molar-refractivity contribution < 1.29 is 9.32 Å². The lowest BCUT2D eigenvalue weighted by Crippen LogP contribution is -2.33. The van der Waals surface area contributed by atoms with E-state index in [9.17, 15) is 4.79 Å². The van der Waals surface area contributed by atoms with Gasteiger partial charge in [0.2, 0.25) is 11.8 Å². The Balaban J connectivity index is 1.52. The Hall–Kier alpha value is -2.67. The lowest BCUT2D eigenvalue weighted by atomic mass is 10.0. The summed E-state index contributed by atoms with van der Waals surface area (Å²) < 4.78 is 7.30. The number of nitrogens with one attached hydrogen (secondary N) is 1. The topological polar surface area (TPSA) is 85.8 Å². The van der Waals surface area contributed by atoms with Gasteiger partial charge in [0, 0.05) is 22.2 Å². The summed E-state index contributed by atoms with van der Waals surface area (Å²) in [6, 6.07) is 5.52. The van der Waals surface area contributed by atoms with E-state index in [0.717, 1.165) is 46.9 Å². The monoisotopic (exact) mass is 441 g/mol. The molecule has 1 aromatic carbocycles. The average molecular weight is 442 g/mol. The Bertz CT molecular complexity index is 1110. The largest absolute Gasteiger partial charge is 0.344 e. The van der Waals surface area contributed by atoms with E-state index in [-0.39, 0.29) is 24.3 Å². The van der Waals surface area contributed by atoms with Crippen molar-refractivity contribution in [3.63, 3.8) is 0 Å². The highest BCUT2D eigenvalue weighted by Gasteiger charge is 2.32. The van der Waals surface area contributed by atoms with Crippen molar-refractivity contribution in [3.05, 3.63) is 57.5 Å². The molecule has 31 heavy (non-hydrogen) atoms. The van der Waals surface area contributed by atoms with Gasteiger partial charge in [0.05, 0.1) is 17.8 Å². The summed E-state index contributed by atoms with van der Waals surface area (Å²) in [6.45, 7) is 9.91. The van der Waals surface area contributed by atoms with Crippen LogP contribution in [0.15, 0.2) is 22.7 Å². The normalized spacial score (nSPS) is 14.8. The van der Waals surface area contributed by atoms with Gasteiger partial charge < -0.3 is 9.84 Å². The molecule has 0 spiro atoms. The summed E-state index contributed by atoms with van der Waals surface area (Å²) in [5, 5.41) is 12.5. The highest BCUT2D eigenvalue weighted by Crippen LogP contribution is 2.38. The Morgan fingerprint density at radius 1 is 1.29 bits per heavy atom. The minimum atomic E-state index is -0.320. The first kappa shape index (κ1) is 21.6. The molecule has 1 fully saturated rings. The third kappa shape index (κ3) is 4.51. The third-order valence-corrected chi connectivity index (χ3v) is 6.23. The SMILES string of the molecule is Cc1ccc(-n2nc(C)c(CC(=O)NC(c3nc(C4CC4)no3)C(C)C)c2C)cc1Cl. The van der Waals surface area contributed by atoms with Gasteiger partial charge in [-0.2, -0.15) is 10.1 Å². The molecule has 164 valence electrons. The third-order valence-electron chi connectivity index (χ3n) is 5.83. The van der Waals surface area contributed by atoms with Crippen LogP contribution >= 0.6 is 11.6 Å². The number of hydrogen-bond donors (Lipinski definition) is 1. The molecule has 0 saturated heterocycles. The van der Waals surface area contributed by atoms with Gasteiger partial charge in [-0.05, 0) is 57.2 Å². The lowest BCUT2D eigenvalue weighted by Gasteiger charge is -2.18. The molecular formula is C23H28ClN5O2. The number of rotatable bonds is 7. The van der Waals surface area contributed by atoms with E-state index in [4.69, 9.17) is 16.1 Å². The van der Waals surface area contributed by atoms with Crippen molar-refractivity contribution in [2.75, 3.05) is 0 Å². The van der Waals surface area contributed by atoms with Gasteiger partial charge >= 0.3 is 0 Å². The second-order valence-electron chi connectivity index (χ2n) is 8.73. The van der Waals surface area contributed by atoms with Gasteiger partial charge in [-0.3, -0.25) is 4.79 Å². The number of halogens is 1. The molecule has 1 N–H and O–H groups in total. The molecule has 8 heteroatoms. The van der Waals surface area contributed by atoms with Crippen LogP contribution in [0.2, 0.25) is 5.02 Å². The van der Waals surface area contributed by atoms with E-state index in [0.29, 0.717) is 16.8 Å². The molecule has 1 unspecified atom stereocenters. The number of aryl methyl sites for hydroxylation is 2. The van der Waals surface area contributed by atoms with Crippen LogP contribution in [-0.4, -0.2) is 25.8 Å². The molecule has 0 aliphatic heterocycles. The molecule has 4 rings (SSSR count). The summed E-state index contributed by atoms with van der Waals surface area (Å²) in [5.41, 5.74) is 4.53. The number of aromatic nitrogens is 4. The van der Waals surface area contributed by atoms with E-state index in [1.54, 1.807) is 0 Å². The highest BCUT2D eigenvalue weighted by atomic mass is 35.5. The van der Waals surface area contributed by atoms with Gasteiger partial charge in [0.15, 0.2) is 5.82 Å². The number of nitrogens with zero attached hydrogens (tertiary/aromatic N) is 4. The molecule has 1 saturated carbocycles. The Kier molecular flexibility index (Phi) is 5.88. The van der Waals surface area contributed by atoms with Crippen LogP contribution in [0.25, 0.3) is 5.69 Å². The van der Waals surface area contributed by atoms with Crippen LogP contribution in [0.1, 0.15) is 72.9 Å². The molecule has 1 atom stereocenters. The molecular weight excluding hydrogens is 414 g/mol. The average Bonchev–Trinajstić information content (AvgIpc) is 3.40. The summed E-state index contributed by atoms with van der Waals surface area (Å²) in [6.07, 6.45) is 2.43. The lowest BCUT2D eigenvalue weighted by molar-refractivity contribution is -0.121. The number of carbonyl (C=O) groups excluding carboxylic acids is 1. The van der Waals surface area contributed by atoms with Crippen LogP contribution in [-0.2, 0) is 11.2 Å². The molecule has 1 amide bonds. The second kappa shape index (κ2) is 8.46. The van der Waals surface area contributed by atoms with Crippen LogP contribution in [0.5, 0.6) is 0 Å². The number of hydrogen-bond acceptors (Lipinski definition) is 5. The fourth-order valence-electron chi connectivity index (χ4n) is 3.68. The van der Waals surface area contributed by atoms with Gasteiger partial charge in [0.25, 0.3) is 0 Å². The summed E-state index contributed by atoms with van der Waals surface area (Å²) >= 11 is 6.29. The van der Waals surface area contributed by atoms with Crippen LogP contribution in [0.3, 0.4) is 0 Å². The molecule has 0 radical (unpaired) electrons. The minimum absolute atomic E-state index is 0.0995. The van der Waals surface area contributed by atoms with E-state index in [2.05, 4.69) is 20.6 Å². The molecule has 2 aromatic heterocycles. The predicted molar refractivity (Wildman–Crippen MR) is 118 cm³/mol. The standard InChI is InChI=1S/C23H28ClN5O2/c1-12(2)21(23-26-22(28-31-23)16-7-8-16)25-20(30)11-18-14(4)27-29(15(18)5)17-9-6-13(3)19(24)10-17/h6,9-10,12,16,21H,7-8,11H2,1-5H3,(H,25,30). The first-order valence-electron chi connectivity index (χ1n) is 10.7. The summed E-state index contributed by atoms with van der Waals surface area (Å²) in [4.78, 5) is 17.5. The highest BCUT2D eigenvalue weighted by molar-refractivity contribution is 6.31. The Labute approximate surface area is 187 Å². The molecule has 1 aliphatic carbocycles. The maximum absolute atomic E-state index is 12.9.